The minimum Gasteiger partial charge on any atom is -0.324 e. The van der Waals surface area contributed by atoms with Gasteiger partial charge in [0.25, 0.3) is 0 Å². The number of carbonyl (C=O) groups is 1. The number of hydrogen-bond acceptors (Lipinski definition) is 2. The summed E-state index contributed by atoms with van der Waals surface area (Å²) >= 11 is 12.2. The molecule has 22 heavy (non-hydrogen) atoms. The fourth-order valence-corrected chi connectivity index (χ4v) is 2.16. The van der Waals surface area contributed by atoms with Crippen LogP contribution < -0.4 is 5.32 Å². The molecule has 6 heteroatoms. The smallest absolute Gasteiger partial charge is 0.229 e. The van der Waals surface area contributed by atoms with E-state index in [0.717, 1.165) is 6.20 Å². The van der Waals surface area contributed by atoms with Gasteiger partial charge in [-0.3, -0.25) is 9.78 Å². The summed E-state index contributed by atoms with van der Waals surface area (Å²) in [7, 11) is 0. The maximum Gasteiger partial charge on any atom is 0.229 e. The monoisotopic (exact) mass is 340 g/mol. The Morgan fingerprint density at radius 1 is 1.18 bits per heavy atom. The Morgan fingerprint density at radius 3 is 2.45 bits per heavy atom. The van der Waals surface area contributed by atoms with Gasteiger partial charge in [-0.05, 0) is 12.1 Å². The average Bonchev–Trinajstić information content (AvgIpc) is 2.44. The molecule has 0 aliphatic heterocycles. The predicted molar refractivity (Wildman–Crippen MR) is 87.7 cm³/mol. The first-order chi connectivity index (χ1) is 10.2. The summed E-state index contributed by atoms with van der Waals surface area (Å²) in [5.41, 5.74) is 0.406. The number of hydrogen-bond donors (Lipinski definition) is 1. The zero-order valence-corrected chi connectivity index (χ0v) is 13.9. The van der Waals surface area contributed by atoms with Crippen LogP contribution in [0.2, 0.25) is 10.0 Å². The van der Waals surface area contributed by atoms with Crippen LogP contribution in [0.3, 0.4) is 0 Å². The van der Waals surface area contributed by atoms with E-state index in [0.29, 0.717) is 11.3 Å². The van der Waals surface area contributed by atoms with Crippen molar-refractivity contribution in [3.8, 4) is 11.1 Å². The summed E-state index contributed by atoms with van der Waals surface area (Å²) in [6, 6.07) is 4.69. The summed E-state index contributed by atoms with van der Waals surface area (Å²) in [5, 5.41) is 3.20. The molecular formula is C16H15Cl2FN2O. The minimum absolute atomic E-state index is 0.174. The molecule has 1 N–H and O–H groups in total. The van der Waals surface area contributed by atoms with E-state index in [1.807, 2.05) is 0 Å². The van der Waals surface area contributed by atoms with Gasteiger partial charge in [-0.2, -0.15) is 0 Å². The van der Waals surface area contributed by atoms with Crippen molar-refractivity contribution in [1.29, 1.82) is 0 Å². The Labute approximate surface area is 138 Å². The minimum atomic E-state index is -0.625. The third-order valence-corrected chi connectivity index (χ3v) is 3.88. The molecule has 2 rings (SSSR count). The van der Waals surface area contributed by atoms with E-state index >= 15 is 0 Å². The van der Waals surface area contributed by atoms with Crippen LogP contribution in [0, 0.1) is 11.2 Å². The van der Waals surface area contributed by atoms with Crippen molar-refractivity contribution >= 4 is 34.8 Å². The second-order valence-corrected chi connectivity index (χ2v) is 6.63. The van der Waals surface area contributed by atoms with E-state index in [2.05, 4.69) is 10.3 Å². The van der Waals surface area contributed by atoms with Gasteiger partial charge >= 0.3 is 0 Å². The maximum atomic E-state index is 14.0. The summed E-state index contributed by atoms with van der Waals surface area (Å²) in [4.78, 5) is 16.0. The largest absolute Gasteiger partial charge is 0.324 e. The molecule has 0 radical (unpaired) electrons. The molecule has 3 nitrogen and oxygen atoms in total. The molecule has 0 unspecified atom stereocenters. The van der Waals surface area contributed by atoms with Crippen molar-refractivity contribution in [2.75, 3.05) is 5.32 Å². The van der Waals surface area contributed by atoms with E-state index in [9.17, 15) is 9.18 Å². The van der Waals surface area contributed by atoms with Gasteiger partial charge in [-0.1, -0.05) is 50.0 Å². The molecule has 0 saturated carbocycles. The van der Waals surface area contributed by atoms with Crippen LogP contribution in [-0.4, -0.2) is 10.9 Å². The molecular weight excluding hydrogens is 326 g/mol. The number of rotatable bonds is 2. The van der Waals surface area contributed by atoms with Gasteiger partial charge in [-0.25, -0.2) is 4.39 Å². The molecule has 0 atom stereocenters. The van der Waals surface area contributed by atoms with E-state index in [1.54, 1.807) is 32.9 Å². The van der Waals surface area contributed by atoms with Gasteiger partial charge in [0.1, 0.15) is 5.82 Å². The Hall–Kier alpha value is -1.65. The highest BCUT2D eigenvalue weighted by atomic mass is 35.5. The van der Waals surface area contributed by atoms with Crippen LogP contribution in [0.5, 0.6) is 0 Å². The van der Waals surface area contributed by atoms with Gasteiger partial charge in [-0.15, -0.1) is 0 Å². The van der Waals surface area contributed by atoms with Crippen molar-refractivity contribution in [2.45, 2.75) is 20.8 Å². The second kappa shape index (κ2) is 6.23. The Kier molecular flexibility index (Phi) is 4.73. The van der Waals surface area contributed by atoms with Crippen molar-refractivity contribution < 1.29 is 9.18 Å². The number of anilines is 1. The van der Waals surface area contributed by atoms with E-state index < -0.39 is 11.2 Å². The first-order valence-corrected chi connectivity index (χ1v) is 7.36. The quantitative estimate of drug-likeness (QED) is 0.818. The average molecular weight is 341 g/mol. The molecule has 0 spiro atoms. The predicted octanol–water partition coefficient (Wildman–Crippen LogP) is 5.18. The summed E-state index contributed by atoms with van der Waals surface area (Å²) < 4.78 is 14.0. The zero-order valence-electron chi connectivity index (χ0n) is 12.4. The van der Waals surface area contributed by atoms with Crippen LogP contribution in [0.1, 0.15) is 20.8 Å². The number of amides is 1. The second-order valence-electron chi connectivity index (χ2n) is 5.84. The molecule has 1 amide bonds. The maximum absolute atomic E-state index is 14.0. The molecule has 1 aromatic heterocycles. The van der Waals surface area contributed by atoms with Gasteiger partial charge in [0.2, 0.25) is 5.91 Å². The van der Waals surface area contributed by atoms with E-state index in [1.165, 1.54) is 12.3 Å². The fraction of sp³-hybridized carbons (Fsp3) is 0.250. The number of carbonyl (C=O) groups excluding carboxylic acids is 1. The summed E-state index contributed by atoms with van der Waals surface area (Å²) in [6.45, 7) is 5.31. The molecule has 1 aromatic carbocycles. The molecule has 2 aromatic rings. The van der Waals surface area contributed by atoms with Crippen LogP contribution in [-0.2, 0) is 4.79 Å². The standard InChI is InChI=1S/C16H15Cl2FN2O/c1-16(2,3)15(22)21-14-10(4-5-11(17)13(14)18)9-6-7-20-8-12(9)19/h4-8H,1-3H3,(H,21,22). The molecule has 116 valence electrons. The van der Waals surface area contributed by atoms with Gasteiger partial charge in [0.15, 0.2) is 0 Å². The number of aromatic nitrogens is 1. The van der Waals surface area contributed by atoms with Crippen molar-refractivity contribution in [3.05, 3.63) is 46.5 Å². The molecule has 1 heterocycles. The van der Waals surface area contributed by atoms with Gasteiger partial charge < -0.3 is 5.32 Å². The lowest BCUT2D eigenvalue weighted by atomic mass is 9.95. The van der Waals surface area contributed by atoms with Gasteiger partial charge in [0.05, 0.1) is 21.9 Å². The van der Waals surface area contributed by atoms with Crippen LogP contribution in [0.25, 0.3) is 11.1 Å². The lowest BCUT2D eigenvalue weighted by Crippen LogP contribution is -2.28. The Morgan fingerprint density at radius 2 is 1.86 bits per heavy atom. The summed E-state index contributed by atoms with van der Waals surface area (Å²) in [6.07, 6.45) is 2.57. The van der Waals surface area contributed by atoms with Crippen molar-refractivity contribution in [3.63, 3.8) is 0 Å². The lowest BCUT2D eigenvalue weighted by molar-refractivity contribution is -0.123. The highest BCUT2D eigenvalue weighted by Gasteiger charge is 2.24. The first kappa shape index (κ1) is 16.7. The number of pyridine rings is 1. The first-order valence-electron chi connectivity index (χ1n) is 6.61. The highest BCUT2D eigenvalue weighted by Crippen LogP contribution is 2.40. The third kappa shape index (κ3) is 3.39. The van der Waals surface area contributed by atoms with Crippen molar-refractivity contribution in [1.82, 2.24) is 4.98 Å². The highest BCUT2D eigenvalue weighted by molar-refractivity contribution is 6.44. The molecule has 0 fully saturated rings. The Balaban J connectivity index is 2.59. The topological polar surface area (TPSA) is 42.0 Å². The fourth-order valence-electron chi connectivity index (χ4n) is 1.79. The number of benzene rings is 1. The van der Waals surface area contributed by atoms with E-state index in [4.69, 9.17) is 23.2 Å². The summed E-state index contributed by atoms with van der Waals surface area (Å²) in [5.74, 6) is -0.750. The van der Waals surface area contributed by atoms with E-state index in [-0.39, 0.29) is 21.5 Å². The van der Waals surface area contributed by atoms with Crippen molar-refractivity contribution in [2.24, 2.45) is 5.41 Å². The number of halogens is 3. The van der Waals surface area contributed by atoms with Crippen LogP contribution >= 0.6 is 23.2 Å². The molecule has 0 aliphatic rings. The lowest BCUT2D eigenvalue weighted by Gasteiger charge is -2.21. The Bertz CT molecular complexity index is 727. The van der Waals surface area contributed by atoms with Crippen LogP contribution in [0.15, 0.2) is 30.6 Å². The number of nitrogens with one attached hydrogen (secondary N) is 1. The zero-order chi connectivity index (χ0) is 16.5. The van der Waals surface area contributed by atoms with Gasteiger partial charge in [0, 0.05) is 22.7 Å². The normalized spacial score (nSPS) is 11.4. The van der Waals surface area contributed by atoms with Crippen LogP contribution in [0.4, 0.5) is 10.1 Å². The molecule has 0 aliphatic carbocycles. The number of nitrogens with zero attached hydrogens (tertiary/aromatic N) is 1. The molecule has 0 saturated heterocycles. The SMILES string of the molecule is CC(C)(C)C(=O)Nc1c(-c2ccncc2F)ccc(Cl)c1Cl. The molecule has 0 bridgehead atoms. The third-order valence-electron chi connectivity index (χ3n) is 3.08.